The number of carbonyl (C=O) groups excluding carboxylic acids is 1. The number of pyridine rings is 1. The number of aromatic amines is 1. The first-order chi connectivity index (χ1) is 14.2. The van der Waals surface area contributed by atoms with E-state index in [1.807, 2.05) is 45.9 Å². The summed E-state index contributed by atoms with van der Waals surface area (Å²) in [5.74, 6) is 0.919. The van der Waals surface area contributed by atoms with Crippen LogP contribution in [0, 0.1) is 0 Å². The van der Waals surface area contributed by atoms with Crippen molar-refractivity contribution in [2.75, 3.05) is 12.3 Å². The Morgan fingerprint density at radius 3 is 2.63 bits per heavy atom. The average molecular weight is 408 g/mol. The molecule has 4 rings (SSSR count). The molecule has 0 saturated carbocycles. The van der Waals surface area contributed by atoms with Crippen LogP contribution < -0.4 is 5.73 Å². The third-order valence-electron chi connectivity index (χ3n) is 4.51. The summed E-state index contributed by atoms with van der Waals surface area (Å²) in [4.78, 5) is 27.9. The van der Waals surface area contributed by atoms with Gasteiger partial charge in [-0.05, 0) is 45.9 Å². The van der Waals surface area contributed by atoms with Crippen molar-refractivity contribution in [2.45, 2.75) is 39.8 Å². The number of nitrogens with two attached hydrogens (primary N) is 1. The lowest BCUT2D eigenvalue weighted by molar-refractivity contribution is 0.0240. The van der Waals surface area contributed by atoms with E-state index in [0.29, 0.717) is 29.2 Å². The van der Waals surface area contributed by atoms with Gasteiger partial charge in [-0.15, -0.1) is 0 Å². The highest BCUT2D eigenvalue weighted by Crippen LogP contribution is 2.28. The zero-order valence-electron chi connectivity index (χ0n) is 17.4. The Kier molecular flexibility index (Phi) is 4.76. The number of H-pyrrole nitrogens is 1. The van der Waals surface area contributed by atoms with Gasteiger partial charge in [0, 0.05) is 11.9 Å². The Bertz CT molecular complexity index is 1210. The lowest BCUT2D eigenvalue weighted by atomic mass is 10.1. The topological polar surface area (TPSA) is 128 Å². The first kappa shape index (κ1) is 19.6. The van der Waals surface area contributed by atoms with Crippen LogP contribution in [0.15, 0.2) is 30.6 Å². The molecule has 0 unspecified atom stereocenters. The molecule has 0 atom stereocenters. The van der Waals surface area contributed by atoms with Crippen LogP contribution in [0.2, 0.25) is 0 Å². The fourth-order valence-corrected chi connectivity index (χ4v) is 3.17. The maximum Gasteiger partial charge on any atom is 0.410 e. The summed E-state index contributed by atoms with van der Waals surface area (Å²) in [6, 6.07) is 5.69. The highest BCUT2D eigenvalue weighted by molar-refractivity contribution is 6.06. The van der Waals surface area contributed by atoms with E-state index in [2.05, 4.69) is 25.1 Å². The summed E-state index contributed by atoms with van der Waals surface area (Å²) in [6.07, 6.45) is 2.83. The summed E-state index contributed by atoms with van der Waals surface area (Å²) in [5, 5.41) is 9.16. The van der Waals surface area contributed by atoms with E-state index in [-0.39, 0.29) is 6.54 Å². The first-order valence-electron chi connectivity index (χ1n) is 9.67. The van der Waals surface area contributed by atoms with Gasteiger partial charge in [0.15, 0.2) is 5.82 Å². The number of anilines is 1. The van der Waals surface area contributed by atoms with E-state index in [1.165, 1.54) is 4.80 Å². The fourth-order valence-electron chi connectivity index (χ4n) is 3.17. The van der Waals surface area contributed by atoms with Crippen molar-refractivity contribution in [3.63, 3.8) is 0 Å². The van der Waals surface area contributed by atoms with E-state index in [0.717, 1.165) is 16.6 Å². The Hall–Kier alpha value is -3.69. The molecular formula is C20H24N8O2. The molecule has 3 aromatic heterocycles. The van der Waals surface area contributed by atoms with Gasteiger partial charge in [0.2, 0.25) is 0 Å². The van der Waals surface area contributed by atoms with Crippen LogP contribution in [0.4, 0.5) is 10.6 Å². The number of carbonyl (C=O) groups is 1. The minimum absolute atomic E-state index is 0.274. The molecule has 30 heavy (non-hydrogen) atoms. The first-order valence-corrected chi connectivity index (χ1v) is 9.67. The van der Waals surface area contributed by atoms with Crippen LogP contribution in [0.1, 0.15) is 33.5 Å². The van der Waals surface area contributed by atoms with Crippen LogP contribution in [0.3, 0.4) is 0 Å². The van der Waals surface area contributed by atoms with Crippen LogP contribution in [0.5, 0.6) is 0 Å². The number of amides is 1. The van der Waals surface area contributed by atoms with Crippen molar-refractivity contribution in [1.82, 2.24) is 34.8 Å². The normalized spacial score (nSPS) is 11.9. The number of benzene rings is 1. The number of nitrogens with zero attached hydrogens (tertiary/aromatic N) is 6. The number of nitrogen functional groups attached to an aromatic ring is 1. The summed E-state index contributed by atoms with van der Waals surface area (Å²) >= 11 is 0. The highest BCUT2D eigenvalue weighted by Gasteiger charge is 2.22. The predicted molar refractivity (Wildman–Crippen MR) is 113 cm³/mol. The number of ether oxygens (including phenoxy) is 1. The second-order valence-corrected chi connectivity index (χ2v) is 7.92. The van der Waals surface area contributed by atoms with Crippen LogP contribution in [-0.4, -0.2) is 53.1 Å². The number of hydrogen-bond acceptors (Lipinski definition) is 7. The van der Waals surface area contributed by atoms with Crippen molar-refractivity contribution in [3.8, 4) is 5.69 Å². The van der Waals surface area contributed by atoms with Gasteiger partial charge in [-0.2, -0.15) is 15.0 Å². The molecule has 0 radical (unpaired) electrons. The Morgan fingerprint density at radius 2 is 1.97 bits per heavy atom. The molecule has 10 heteroatoms. The Balaban J connectivity index is 1.70. The molecular weight excluding hydrogens is 384 g/mol. The maximum absolute atomic E-state index is 12.4. The van der Waals surface area contributed by atoms with Gasteiger partial charge in [0.25, 0.3) is 0 Å². The zero-order chi connectivity index (χ0) is 21.5. The van der Waals surface area contributed by atoms with Crippen molar-refractivity contribution in [3.05, 3.63) is 36.4 Å². The minimum atomic E-state index is -0.565. The molecule has 1 amide bonds. The van der Waals surface area contributed by atoms with Crippen molar-refractivity contribution < 1.29 is 9.53 Å². The van der Waals surface area contributed by atoms with Gasteiger partial charge in [0.05, 0.1) is 35.7 Å². The van der Waals surface area contributed by atoms with E-state index in [4.69, 9.17) is 10.5 Å². The third kappa shape index (κ3) is 3.76. The van der Waals surface area contributed by atoms with E-state index in [1.54, 1.807) is 17.3 Å². The second-order valence-electron chi connectivity index (χ2n) is 7.92. The second kappa shape index (κ2) is 7.29. The molecule has 0 aliphatic carbocycles. The largest absolute Gasteiger partial charge is 0.444 e. The molecule has 0 fully saturated rings. The standard InChI is InChI=1S/C20H24N8O2/c1-5-27(19(29)30-20(2,3)4)11-15-25-16-13-7-6-12(28-22-8-9-23-28)10-14(13)24-18(21)17(16)26-15/h6-10H,5,11H2,1-4H3,(H2,21,24)(H,25,26). The Labute approximate surface area is 173 Å². The van der Waals surface area contributed by atoms with Gasteiger partial charge in [-0.1, -0.05) is 0 Å². The SMILES string of the molecule is CCN(Cc1nc2c(N)nc3cc(-n4nccn4)ccc3c2[nH]1)C(=O)OC(C)(C)C. The molecule has 3 N–H and O–H groups in total. The summed E-state index contributed by atoms with van der Waals surface area (Å²) in [7, 11) is 0. The van der Waals surface area contributed by atoms with Gasteiger partial charge in [-0.3, -0.25) is 0 Å². The molecule has 10 nitrogen and oxygen atoms in total. The zero-order valence-corrected chi connectivity index (χ0v) is 17.4. The smallest absolute Gasteiger partial charge is 0.410 e. The number of nitrogens with one attached hydrogen (secondary N) is 1. The number of fused-ring (bicyclic) bond motifs is 3. The van der Waals surface area contributed by atoms with Crippen LogP contribution >= 0.6 is 0 Å². The lowest BCUT2D eigenvalue weighted by Crippen LogP contribution is -2.36. The molecule has 0 bridgehead atoms. The quantitative estimate of drug-likeness (QED) is 0.531. The number of hydrogen-bond donors (Lipinski definition) is 2. The number of imidazole rings is 1. The van der Waals surface area contributed by atoms with Crippen molar-refractivity contribution in [1.29, 1.82) is 0 Å². The van der Waals surface area contributed by atoms with Gasteiger partial charge in [0.1, 0.15) is 16.9 Å². The van der Waals surface area contributed by atoms with E-state index < -0.39 is 11.7 Å². The molecule has 0 spiro atoms. The van der Waals surface area contributed by atoms with Gasteiger partial charge in [-0.25, -0.2) is 14.8 Å². The van der Waals surface area contributed by atoms with Crippen LogP contribution in [0.25, 0.3) is 27.6 Å². The van der Waals surface area contributed by atoms with Gasteiger partial charge >= 0.3 is 6.09 Å². The summed E-state index contributed by atoms with van der Waals surface area (Å²) < 4.78 is 5.47. The Morgan fingerprint density at radius 1 is 1.23 bits per heavy atom. The number of rotatable bonds is 4. The molecule has 1 aromatic carbocycles. The average Bonchev–Trinajstić information content (AvgIpc) is 3.34. The maximum atomic E-state index is 12.4. The van der Waals surface area contributed by atoms with Crippen molar-refractivity contribution >= 4 is 33.8 Å². The van der Waals surface area contributed by atoms with E-state index in [9.17, 15) is 4.79 Å². The molecule has 156 valence electrons. The molecule has 0 saturated heterocycles. The monoisotopic (exact) mass is 408 g/mol. The summed E-state index contributed by atoms with van der Waals surface area (Å²) in [5.41, 5.74) is 8.43. The lowest BCUT2D eigenvalue weighted by Gasteiger charge is -2.25. The molecule has 0 aliphatic rings. The summed E-state index contributed by atoms with van der Waals surface area (Å²) in [6.45, 7) is 8.17. The minimum Gasteiger partial charge on any atom is -0.444 e. The molecule has 3 heterocycles. The predicted octanol–water partition coefficient (Wildman–Crippen LogP) is 3.03. The number of aromatic nitrogens is 6. The van der Waals surface area contributed by atoms with E-state index >= 15 is 0 Å². The molecule has 0 aliphatic heterocycles. The van der Waals surface area contributed by atoms with Crippen molar-refractivity contribution in [2.24, 2.45) is 0 Å². The fraction of sp³-hybridized carbons (Fsp3) is 0.350. The highest BCUT2D eigenvalue weighted by atomic mass is 16.6. The molecule has 4 aromatic rings. The van der Waals surface area contributed by atoms with Crippen LogP contribution in [-0.2, 0) is 11.3 Å². The third-order valence-corrected chi connectivity index (χ3v) is 4.51. The van der Waals surface area contributed by atoms with Gasteiger partial charge < -0.3 is 20.4 Å².